The van der Waals surface area contributed by atoms with Crippen LogP contribution in [0, 0.1) is 17.8 Å². The van der Waals surface area contributed by atoms with Crippen molar-refractivity contribution in [2.45, 2.75) is 181 Å². The van der Waals surface area contributed by atoms with E-state index in [4.69, 9.17) is 4.74 Å². The van der Waals surface area contributed by atoms with Crippen LogP contribution in [0.15, 0.2) is 0 Å². The minimum absolute atomic E-state index is 0.0491. The lowest BCUT2D eigenvalue weighted by Gasteiger charge is -2.29. The number of amides is 5. The molecule has 52 heavy (non-hydrogen) atoms. The van der Waals surface area contributed by atoms with Gasteiger partial charge in [-0.3, -0.25) is 24.0 Å². The second-order valence-electron chi connectivity index (χ2n) is 15.3. The Morgan fingerprint density at radius 3 is 1.63 bits per heavy atom. The van der Waals surface area contributed by atoms with E-state index >= 15 is 0 Å². The molecule has 0 aliphatic carbocycles. The highest BCUT2D eigenvalue weighted by Gasteiger charge is 2.37. The van der Waals surface area contributed by atoms with Crippen molar-refractivity contribution in [1.29, 1.82) is 0 Å². The fraction of sp³-hybridized carbons (Fsp3) is 0.842. The highest BCUT2D eigenvalue weighted by Crippen LogP contribution is 2.18. The second kappa shape index (κ2) is 24.9. The van der Waals surface area contributed by atoms with Crippen LogP contribution in [0.4, 0.5) is 0 Å². The topological polar surface area (TPSA) is 212 Å². The molecule has 0 aromatic carbocycles. The Kier molecular flexibility index (Phi) is 22.4. The molecular formula is C38H69N5O9. The van der Waals surface area contributed by atoms with E-state index in [0.717, 1.165) is 25.7 Å². The normalized spacial score (nSPS) is 25.8. The Labute approximate surface area is 311 Å². The zero-order valence-corrected chi connectivity index (χ0v) is 32.9. The second-order valence-corrected chi connectivity index (χ2v) is 15.3. The molecular weight excluding hydrogens is 670 g/mol. The summed E-state index contributed by atoms with van der Waals surface area (Å²) in [5, 5.41) is 33.5. The molecule has 1 saturated heterocycles. The van der Waals surface area contributed by atoms with Crippen molar-refractivity contribution in [2.24, 2.45) is 17.8 Å². The summed E-state index contributed by atoms with van der Waals surface area (Å²) in [4.78, 5) is 81.3. The van der Waals surface area contributed by atoms with Gasteiger partial charge in [-0.2, -0.15) is 0 Å². The lowest BCUT2D eigenvalue weighted by Crippen LogP contribution is -2.62. The molecule has 0 unspecified atom stereocenters. The zero-order valence-electron chi connectivity index (χ0n) is 32.9. The molecule has 0 bridgehead atoms. The van der Waals surface area contributed by atoms with Crippen molar-refractivity contribution >= 4 is 35.5 Å². The summed E-state index contributed by atoms with van der Waals surface area (Å²) in [6, 6.07) is -6.39. The monoisotopic (exact) mass is 740 g/mol. The Morgan fingerprint density at radius 1 is 0.635 bits per heavy atom. The molecule has 0 aromatic rings. The molecule has 14 heteroatoms. The van der Waals surface area contributed by atoms with Crippen LogP contribution in [0.3, 0.4) is 0 Å². The maximum absolute atomic E-state index is 13.8. The summed E-state index contributed by atoms with van der Waals surface area (Å²) < 4.78 is 5.98. The summed E-state index contributed by atoms with van der Waals surface area (Å²) in [7, 11) is 0. The summed E-state index contributed by atoms with van der Waals surface area (Å²) >= 11 is 0. The van der Waals surface area contributed by atoms with E-state index in [1.54, 1.807) is 6.92 Å². The van der Waals surface area contributed by atoms with E-state index in [-0.39, 0.29) is 37.0 Å². The molecule has 8 atom stereocenters. The van der Waals surface area contributed by atoms with E-state index in [1.807, 2.05) is 34.6 Å². The summed E-state index contributed by atoms with van der Waals surface area (Å²) in [5.41, 5.74) is 0. The third-order valence-corrected chi connectivity index (χ3v) is 9.42. The molecule has 7 N–H and O–H groups in total. The average Bonchev–Trinajstić information content (AvgIpc) is 3.07. The van der Waals surface area contributed by atoms with Gasteiger partial charge in [-0.25, -0.2) is 4.79 Å². The van der Waals surface area contributed by atoms with Crippen LogP contribution in [0.1, 0.15) is 139 Å². The molecule has 0 aromatic heterocycles. The third kappa shape index (κ3) is 17.5. The Hall–Kier alpha value is -3.26. The third-order valence-electron chi connectivity index (χ3n) is 9.42. The maximum Gasteiger partial charge on any atom is 0.329 e. The van der Waals surface area contributed by atoms with Crippen LogP contribution in [-0.4, -0.2) is 94.7 Å². The number of rotatable bonds is 17. The standard InChI is InChI=1S/C38H69N5O9/c1-9-11-12-13-14-15-16-17-18-27-21-31(46)39-28(19-23(3)4)34(47)41-30(22-44)36(49)43-33(26(8)45)37(50)40-29(20-24(5)6)35(48)42-32(25(7)10-2)38(51)52-27/h23-30,32-33,44-45H,9-22H2,1-8H3,(H,39,46)(H,40,50)(H,41,47)(H,42,48)(H,43,49)/t25-,26+,27+,28+,29+,30-,32-,33-/m0/s1. The van der Waals surface area contributed by atoms with Gasteiger partial charge in [0.15, 0.2) is 0 Å². The average molecular weight is 740 g/mol. The predicted octanol–water partition coefficient (Wildman–Crippen LogP) is 2.77. The number of nitrogens with one attached hydrogen (secondary N) is 5. The first-order valence-electron chi connectivity index (χ1n) is 19.5. The molecule has 1 aliphatic rings. The lowest BCUT2D eigenvalue weighted by atomic mass is 9.97. The minimum Gasteiger partial charge on any atom is -0.460 e. The highest BCUT2D eigenvalue weighted by atomic mass is 16.5. The minimum atomic E-state index is -1.55. The Balaban J connectivity index is 3.56. The van der Waals surface area contributed by atoms with Crippen LogP contribution in [0.2, 0.25) is 0 Å². The molecule has 0 radical (unpaired) electrons. The van der Waals surface area contributed by atoms with Gasteiger partial charge >= 0.3 is 5.97 Å². The van der Waals surface area contributed by atoms with Crippen LogP contribution in [0.5, 0.6) is 0 Å². The quantitative estimate of drug-likeness (QED) is 0.0862. The molecule has 0 spiro atoms. The number of aliphatic hydroxyl groups excluding tert-OH is 2. The number of hydrogen-bond donors (Lipinski definition) is 7. The first kappa shape index (κ1) is 46.8. The number of carbonyl (C=O) groups is 6. The van der Waals surface area contributed by atoms with Crippen molar-refractivity contribution in [3.05, 3.63) is 0 Å². The largest absolute Gasteiger partial charge is 0.460 e. The highest BCUT2D eigenvalue weighted by molar-refractivity contribution is 5.96. The van der Waals surface area contributed by atoms with Gasteiger partial charge in [-0.05, 0) is 50.4 Å². The van der Waals surface area contributed by atoms with Crippen molar-refractivity contribution in [3.8, 4) is 0 Å². The van der Waals surface area contributed by atoms with Crippen LogP contribution in [0.25, 0.3) is 0 Å². The zero-order chi connectivity index (χ0) is 39.4. The number of aliphatic hydroxyl groups is 2. The van der Waals surface area contributed by atoms with Gasteiger partial charge in [0.2, 0.25) is 29.5 Å². The number of unbranched alkanes of at least 4 members (excludes halogenated alkanes) is 7. The summed E-state index contributed by atoms with van der Waals surface area (Å²) in [6.45, 7) is 13.7. The molecule has 1 heterocycles. The van der Waals surface area contributed by atoms with Crippen molar-refractivity contribution in [2.75, 3.05) is 6.61 Å². The van der Waals surface area contributed by atoms with Crippen molar-refractivity contribution < 1.29 is 43.7 Å². The molecule has 1 rings (SSSR count). The van der Waals surface area contributed by atoms with Crippen LogP contribution < -0.4 is 26.6 Å². The van der Waals surface area contributed by atoms with Crippen LogP contribution in [-0.2, 0) is 33.5 Å². The number of carbonyl (C=O) groups excluding carboxylic acids is 6. The van der Waals surface area contributed by atoms with Gasteiger partial charge in [0.05, 0.1) is 19.1 Å². The molecule has 5 amide bonds. The Morgan fingerprint density at radius 2 is 1.12 bits per heavy atom. The van der Waals surface area contributed by atoms with E-state index in [1.165, 1.54) is 26.2 Å². The van der Waals surface area contributed by atoms with E-state index in [0.29, 0.717) is 19.3 Å². The maximum atomic E-state index is 13.8. The predicted molar refractivity (Wildman–Crippen MR) is 199 cm³/mol. The first-order valence-corrected chi connectivity index (χ1v) is 19.5. The number of esters is 1. The van der Waals surface area contributed by atoms with Gasteiger partial charge in [0.1, 0.15) is 36.3 Å². The van der Waals surface area contributed by atoms with Crippen LogP contribution >= 0.6 is 0 Å². The summed E-state index contributed by atoms with van der Waals surface area (Å²) in [6.07, 6.45) is 7.22. The van der Waals surface area contributed by atoms with E-state index in [9.17, 15) is 39.0 Å². The molecule has 1 fully saturated rings. The van der Waals surface area contributed by atoms with E-state index < -0.39 is 84.5 Å². The van der Waals surface area contributed by atoms with E-state index in [2.05, 4.69) is 33.5 Å². The molecule has 0 saturated carbocycles. The number of ether oxygens (including phenoxy) is 1. The van der Waals surface area contributed by atoms with Gasteiger partial charge in [-0.15, -0.1) is 0 Å². The molecule has 1 aliphatic heterocycles. The lowest BCUT2D eigenvalue weighted by molar-refractivity contribution is -0.156. The van der Waals surface area contributed by atoms with Crippen molar-refractivity contribution in [3.63, 3.8) is 0 Å². The fourth-order valence-electron chi connectivity index (χ4n) is 6.12. The smallest absolute Gasteiger partial charge is 0.329 e. The molecule has 300 valence electrons. The van der Waals surface area contributed by atoms with Gasteiger partial charge in [0, 0.05) is 0 Å². The number of cyclic esters (lactones) is 1. The van der Waals surface area contributed by atoms with Gasteiger partial charge in [-0.1, -0.05) is 99.8 Å². The SMILES string of the molecule is CCCCCCCCCC[C@@H]1CC(=O)N[C@H](CC(C)C)C(=O)N[C@@H](CO)C(=O)N[C@@H]([C@@H](C)O)C(=O)N[C@H](CC(C)C)C(=O)N[C@@H]([C@@H](C)CC)C(=O)O1. The summed E-state index contributed by atoms with van der Waals surface area (Å²) in [5.74, 6) is -4.92. The fourth-order valence-corrected chi connectivity index (χ4v) is 6.12. The van der Waals surface area contributed by atoms with Crippen molar-refractivity contribution in [1.82, 2.24) is 26.6 Å². The molecule has 14 nitrogen and oxygen atoms in total. The van der Waals surface area contributed by atoms with Gasteiger partial charge < -0.3 is 41.5 Å². The van der Waals surface area contributed by atoms with Gasteiger partial charge in [0.25, 0.3) is 0 Å². The number of hydrogen-bond acceptors (Lipinski definition) is 9. The first-order chi connectivity index (χ1) is 24.5. The Bertz CT molecular complexity index is 1130.